The smallest absolute Gasteiger partial charge is 0.264 e. The number of carbonyl (C=O) groups is 2. The van der Waals surface area contributed by atoms with E-state index < -0.39 is 28.5 Å². The predicted octanol–water partition coefficient (Wildman–Crippen LogP) is 5.92. The SMILES string of the molecule is CCCCNC(=O)C(CC)N(Cc1ccc(OC)cc1)C(=O)CN(c1cccc(Cl)c1Cl)S(=O)(=O)c1ccccc1. The van der Waals surface area contributed by atoms with Crippen LogP contribution in [0.5, 0.6) is 5.75 Å². The molecule has 0 fully saturated rings. The molecule has 41 heavy (non-hydrogen) atoms. The van der Waals surface area contributed by atoms with Crippen LogP contribution in [0.4, 0.5) is 5.69 Å². The van der Waals surface area contributed by atoms with Gasteiger partial charge in [0.15, 0.2) is 0 Å². The molecule has 1 atom stereocenters. The zero-order chi connectivity index (χ0) is 30.0. The van der Waals surface area contributed by atoms with E-state index in [0.29, 0.717) is 18.7 Å². The first-order valence-electron chi connectivity index (χ1n) is 13.4. The second kappa shape index (κ2) is 15.1. The number of carbonyl (C=O) groups excluding carboxylic acids is 2. The van der Waals surface area contributed by atoms with Crippen molar-refractivity contribution in [2.24, 2.45) is 0 Å². The maximum Gasteiger partial charge on any atom is 0.264 e. The van der Waals surface area contributed by atoms with Crippen molar-refractivity contribution >= 4 is 50.7 Å². The summed E-state index contributed by atoms with van der Waals surface area (Å²) in [6.45, 7) is 3.77. The van der Waals surface area contributed by atoms with Crippen molar-refractivity contribution in [1.29, 1.82) is 0 Å². The van der Waals surface area contributed by atoms with Crippen LogP contribution in [0.1, 0.15) is 38.7 Å². The summed E-state index contributed by atoms with van der Waals surface area (Å²) in [4.78, 5) is 28.8. The van der Waals surface area contributed by atoms with Gasteiger partial charge in [-0.2, -0.15) is 0 Å². The second-order valence-electron chi connectivity index (χ2n) is 9.34. The molecule has 3 rings (SSSR count). The molecule has 0 aromatic heterocycles. The fraction of sp³-hybridized carbons (Fsp3) is 0.333. The van der Waals surface area contributed by atoms with Crippen LogP contribution in [0.15, 0.2) is 77.7 Å². The van der Waals surface area contributed by atoms with Crippen molar-refractivity contribution in [3.63, 3.8) is 0 Å². The van der Waals surface area contributed by atoms with E-state index in [9.17, 15) is 18.0 Å². The summed E-state index contributed by atoms with van der Waals surface area (Å²) in [5.74, 6) is -0.235. The standard InChI is InChI=1S/C30H35Cl2N3O5S/c1-4-6-19-33-30(37)26(5-2)34(20-22-15-17-23(40-3)18-16-22)28(36)21-35(27-14-10-13-25(31)29(27)32)41(38,39)24-11-8-7-9-12-24/h7-18,26H,4-6,19-21H2,1-3H3,(H,33,37). The summed E-state index contributed by atoms with van der Waals surface area (Å²) < 4.78 is 34.0. The summed E-state index contributed by atoms with van der Waals surface area (Å²) in [6.07, 6.45) is 2.02. The lowest BCUT2D eigenvalue weighted by Gasteiger charge is -2.33. The molecule has 1 unspecified atom stereocenters. The Hall–Kier alpha value is -3.27. The van der Waals surface area contributed by atoms with E-state index in [-0.39, 0.29) is 33.1 Å². The fourth-order valence-corrected chi connectivity index (χ4v) is 6.17. The molecule has 1 N–H and O–H groups in total. The summed E-state index contributed by atoms with van der Waals surface area (Å²) in [5, 5.41) is 3.04. The molecule has 0 aliphatic rings. The first-order chi connectivity index (χ1) is 19.6. The van der Waals surface area contributed by atoms with Crippen molar-refractivity contribution in [3.8, 4) is 5.75 Å². The normalized spacial score (nSPS) is 11.9. The van der Waals surface area contributed by atoms with Crippen LogP contribution in [-0.2, 0) is 26.2 Å². The van der Waals surface area contributed by atoms with Crippen molar-refractivity contribution in [2.75, 3.05) is 24.5 Å². The molecule has 0 radical (unpaired) electrons. The van der Waals surface area contributed by atoms with Gasteiger partial charge in [0.1, 0.15) is 18.3 Å². The summed E-state index contributed by atoms with van der Waals surface area (Å²) in [5.41, 5.74) is 0.804. The van der Waals surface area contributed by atoms with Gasteiger partial charge in [-0.15, -0.1) is 0 Å². The van der Waals surface area contributed by atoms with Crippen LogP contribution >= 0.6 is 23.2 Å². The molecule has 2 amide bonds. The lowest BCUT2D eigenvalue weighted by atomic mass is 10.1. The number of nitrogens with one attached hydrogen (secondary N) is 1. The molecular formula is C30H35Cl2N3O5S. The minimum Gasteiger partial charge on any atom is -0.497 e. The van der Waals surface area contributed by atoms with Gasteiger partial charge in [-0.25, -0.2) is 8.42 Å². The average molecular weight is 621 g/mol. The summed E-state index contributed by atoms with van der Waals surface area (Å²) in [6, 6.07) is 18.6. The number of rotatable bonds is 14. The van der Waals surface area contributed by atoms with Gasteiger partial charge in [-0.1, -0.05) is 79.9 Å². The number of sulfonamides is 1. The number of unbranched alkanes of at least 4 members (excludes halogenated alkanes) is 1. The zero-order valence-electron chi connectivity index (χ0n) is 23.3. The molecule has 0 saturated carbocycles. The highest BCUT2D eigenvalue weighted by molar-refractivity contribution is 7.92. The molecule has 0 aliphatic heterocycles. The summed E-state index contributed by atoms with van der Waals surface area (Å²) >= 11 is 12.7. The quantitative estimate of drug-likeness (QED) is 0.226. The second-order valence-corrected chi connectivity index (χ2v) is 12.0. The van der Waals surface area contributed by atoms with Crippen LogP contribution in [0.2, 0.25) is 10.0 Å². The fourth-order valence-electron chi connectivity index (χ4n) is 4.27. The van der Waals surface area contributed by atoms with E-state index in [1.165, 1.54) is 29.2 Å². The molecule has 3 aromatic carbocycles. The topological polar surface area (TPSA) is 96.0 Å². The Balaban J connectivity index is 2.06. The maximum atomic E-state index is 14.1. The monoisotopic (exact) mass is 619 g/mol. The van der Waals surface area contributed by atoms with E-state index in [1.54, 1.807) is 55.6 Å². The highest BCUT2D eigenvalue weighted by Crippen LogP contribution is 2.35. The molecule has 11 heteroatoms. The lowest BCUT2D eigenvalue weighted by molar-refractivity contribution is -0.140. The number of benzene rings is 3. The van der Waals surface area contributed by atoms with E-state index in [4.69, 9.17) is 27.9 Å². The lowest BCUT2D eigenvalue weighted by Crippen LogP contribution is -2.52. The maximum absolute atomic E-state index is 14.1. The third kappa shape index (κ3) is 8.15. The van der Waals surface area contributed by atoms with Crippen LogP contribution in [-0.4, -0.2) is 51.4 Å². The minimum atomic E-state index is -4.25. The number of halogens is 2. The number of amides is 2. The highest BCUT2D eigenvalue weighted by atomic mass is 35.5. The average Bonchev–Trinajstić information content (AvgIpc) is 2.98. The molecule has 0 spiro atoms. The minimum absolute atomic E-state index is 0.00692. The largest absolute Gasteiger partial charge is 0.497 e. The predicted molar refractivity (Wildman–Crippen MR) is 163 cm³/mol. The van der Waals surface area contributed by atoms with Crippen LogP contribution in [0.25, 0.3) is 0 Å². The highest BCUT2D eigenvalue weighted by Gasteiger charge is 2.34. The molecule has 220 valence electrons. The van der Waals surface area contributed by atoms with Crippen molar-refractivity contribution in [3.05, 3.63) is 88.4 Å². The van der Waals surface area contributed by atoms with Crippen LogP contribution in [0, 0.1) is 0 Å². The van der Waals surface area contributed by atoms with Crippen molar-refractivity contribution in [1.82, 2.24) is 10.2 Å². The van der Waals surface area contributed by atoms with Gasteiger partial charge in [-0.3, -0.25) is 13.9 Å². The first kappa shape index (κ1) is 32.2. The van der Waals surface area contributed by atoms with Gasteiger partial charge in [-0.05, 0) is 54.8 Å². The Kier molecular flexibility index (Phi) is 11.9. The molecule has 3 aromatic rings. The van der Waals surface area contributed by atoms with Gasteiger partial charge < -0.3 is 15.0 Å². The Morgan fingerprint density at radius 1 is 0.951 bits per heavy atom. The molecule has 8 nitrogen and oxygen atoms in total. The molecular weight excluding hydrogens is 585 g/mol. The number of anilines is 1. The first-order valence-corrected chi connectivity index (χ1v) is 15.6. The van der Waals surface area contributed by atoms with Gasteiger partial charge >= 0.3 is 0 Å². The number of hydrogen-bond donors (Lipinski definition) is 1. The van der Waals surface area contributed by atoms with Gasteiger partial charge in [0.05, 0.1) is 27.7 Å². The number of methoxy groups -OCH3 is 1. The van der Waals surface area contributed by atoms with Crippen LogP contribution in [0.3, 0.4) is 0 Å². The Labute approximate surface area is 252 Å². The van der Waals surface area contributed by atoms with Gasteiger partial charge in [0, 0.05) is 13.1 Å². The third-order valence-corrected chi connectivity index (χ3v) is 9.12. The molecule has 0 heterocycles. The van der Waals surface area contributed by atoms with E-state index in [0.717, 1.165) is 22.7 Å². The van der Waals surface area contributed by atoms with Crippen molar-refractivity contribution in [2.45, 2.75) is 50.6 Å². The van der Waals surface area contributed by atoms with Crippen LogP contribution < -0.4 is 14.4 Å². The number of ether oxygens (including phenoxy) is 1. The molecule has 0 aliphatic carbocycles. The Morgan fingerprint density at radius 2 is 1.63 bits per heavy atom. The number of nitrogens with zero attached hydrogens (tertiary/aromatic N) is 2. The van der Waals surface area contributed by atoms with E-state index >= 15 is 0 Å². The van der Waals surface area contributed by atoms with E-state index in [2.05, 4.69) is 5.32 Å². The van der Waals surface area contributed by atoms with Gasteiger partial charge in [0.2, 0.25) is 11.8 Å². The third-order valence-electron chi connectivity index (χ3n) is 6.54. The summed E-state index contributed by atoms with van der Waals surface area (Å²) in [7, 11) is -2.69. The number of hydrogen-bond acceptors (Lipinski definition) is 5. The molecule has 0 saturated heterocycles. The zero-order valence-corrected chi connectivity index (χ0v) is 25.7. The van der Waals surface area contributed by atoms with E-state index in [1.807, 2.05) is 13.8 Å². The molecule has 0 bridgehead atoms. The van der Waals surface area contributed by atoms with Gasteiger partial charge in [0.25, 0.3) is 10.0 Å². The Morgan fingerprint density at radius 3 is 2.24 bits per heavy atom. The Bertz CT molecular complexity index is 1420. The van der Waals surface area contributed by atoms with Crippen molar-refractivity contribution < 1.29 is 22.7 Å².